The van der Waals surface area contributed by atoms with Crippen molar-refractivity contribution in [1.82, 2.24) is 14.9 Å². The predicted molar refractivity (Wildman–Crippen MR) is 128 cm³/mol. The van der Waals surface area contributed by atoms with E-state index in [4.69, 9.17) is 9.72 Å². The third-order valence-electron chi connectivity index (χ3n) is 5.09. The number of thiophene rings is 1. The second-order valence-corrected chi connectivity index (χ2v) is 10.2. The number of nitrogens with one attached hydrogen (secondary N) is 1. The number of ether oxygens (including phenoxy) is 1. The van der Waals surface area contributed by atoms with Crippen LogP contribution in [0.1, 0.15) is 46.0 Å². The van der Waals surface area contributed by atoms with Crippen LogP contribution in [0, 0.1) is 6.92 Å². The monoisotopic (exact) mass is 443 g/mol. The van der Waals surface area contributed by atoms with Crippen LogP contribution in [-0.4, -0.2) is 50.9 Å². The standard InChI is InChI=1S/C24H33N3O3S/c1-15(2)27(11-18(28)13-30-24(4,5)6)12-20-25-22(29)21-19(14-31-23(21)26-20)17-9-7-16(3)8-10-17/h7-10,14-15,18,28H,11-13H2,1-6H3,(H,25,26,29). The third kappa shape index (κ3) is 6.23. The van der Waals surface area contributed by atoms with E-state index in [-0.39, 0.29) is 23.8 Å². The van der Waals surface area contributed by atoms with Gasteiger partial charge in [-0.3, -0.25) is 9.69 Å². The Hall–Kier alpha value is -2.06. The fraction of sp³-hybridized carbons (Fsp3) is 0.500. The summed E-state index contributed by atoms with van der Waals surface area (Å²) in [5.74, 6) is 0.604. The number of benzene rings is 1. The summed E-state index contributed by atoms with van der Waals surface area (Å²) in [5.41, 5.74) is 2.69. The second kappa shape index (κ2) is 9.61. The summed E-state index contributed by atoms with van der Waals surface area (Å²) in [6.07, 6.45) is -0.619. The number of aryl methyl sites for hydroxylation is 1. The van der Waals surface area contributed by atoms with E-state index in [1.54, 1.807) is 0 Å². The maximum atomic E-state index is 12.9. The molecule has 0 aliphatic rings. The average Bonchev–Trinajstić information content (AvgIpc) is 3.10. The van der Waals surface area contributed by atoms with E-state index >= 15 is 0 Å². The molecule has 6 nitrogen and oxygen atoms in total. The van der Waals surface area contributed by atoms with Crippen LogP contribution in [0.4, 0.5) is 0 Å². The normalized spacial score (nSPS) is 13.5. The summed E-state index contributed by atoms with van der Waals surface area (Å²) in [7, 11) is 0. The van der Waals surface area contributed by atoms with E-state index in [0.29, 0.717) is 24.3 Å². The zero-order chi connectivity index (χ0) is 22.8. The Morgan fingerprint density at radius 1 is 1.23 bits per heavy atom. The highest BCUT2D eigenvalue weighted by Crippen LogP contribution is 2.31. The minimum Gasteiger partial charge on any atom is -0.389 e. The summed E-state index contributed by atoms with van der Waals surface area (Å²) >= 11 is 1.48. The Morgan fingerprint density at radius 3 is 2.52 bits per heavy atom. The van der Waals surface area contributed by atoms with Crippen molar-refractivity contribution < 1.29 is 9.84 Å². The third-order valence-corrected chi connectivity index (χ3v) is 5.96. The van der Waals surface area contributed by atoms with E-state index in [0.717, 1.165) is 16.0 Å². The van der Waals surface area contributed by atoms with Crippen molar-refractivity contribution in [3.8, 4) is 11.1 Å². The van der Waals surface area contributed by atoms with Crippen LogP contribution in [0.2, 0.25) is 0 Å². The molecule has 2 heterocycles. The largest absolute Gasteiger partial charge is 0.389 e. The first-order valence-electron chi connectivity index (χ1n) is 10.7. The van der Waals surface area contributed by atoms with Crippen LogP contribution < -0.4 is 5.56 Å². The molecule has 168 valence electrons. The number of aromatic amines is 1. The quantitative estimate of drug-likeness (QED) is 0.541. The van der Waals surface area contributed by atoms with E-state index in [9.17, 15) is 9.90 Å². The molecule has 2 N–H and O–H groups in total. The Kier molecular flexibility index (Phi) is 7.31. The van der Waals surface area contributed by atoms with Gasteiger partial charge in [0.15, 0.2) is 0 Å². The van der Waals surface area contributed by atoms with Crippen LogP contribution in [0.25, 0.3) is 21.3 Å². The SMILES string of the molecule is Cc1ccc(-c2csc3nc(CN(CC(O)COC(C)(C)C)C(C)C)[nH]c(=O)c23)cc1. The molecule has 0 radical (unpaired) electrons. The van der Waals surface area contributed by atoms with Crippen LogP contribution in [0.3, 0.4) is 0 Å². The van der Waals surface area contributed by atoms with Crippen molar-refractivity contribution in [1.29, 1.82) is 0 Å². The first kappa shape index (κ1) is 23.6. The maximum Gasteiger partial charge on any atom is 0.260 e. The lowest BCUT2D eigenvalue weighted by molar-refractivity contribution is -0.0588. The molecule has 0 bridgehead atoms. The number of H-pyrrole nitrogens is 1. The Morgan fingerprint density at radius 2 is 1.90 bits per heavy atom. The van der Waals surface area contributed by atoms with Gasteiger partial charge in [0.2, 0.25) is 0 Å². The van der Waals surface area contributed by atoms with E-state index in [1.165, 1.54) is 16.9 Å². The van der Waals surface area contributed by atoms with Crippen molar-refractivity contribution >= 4 is 21.6 Å². The van der Waals surface area contributed by atoms with Gasteiger partial charge < -0.3 is 14.8 Å². The van der Waals surface area contributed by atoms with E-state index in [1.807, 2.05) is 57.3 Å². The molecular formula is C24H33N3O3S. The molecule has 0 aliphatic carbocycles. The van der Waals surface area contributed by atoms with E-state index in [2.05, 4.69) is 23.7 Å². The molecule has 1 atom stereocenters. The van der Waals surface area contributed by atoms with Crippen molar-refractivity contribution in [3.63, 3.8) is 0 Å². The van der Waals surface area contributed by atoms with Crippen molar-refractivity contribution in [2.24, 2.45) is 0 Å². The Bertz CT molecular complexity index is 1060. The number of aliphatic hydroxyl groups excluding tert-OH is 1. The number of rotatable bonds is 8. The van der Waals surface area contributed by atoms with Gasteiger partial charge in [-0.1, -0.05) is 29.8 Å². The molecule has 0 saturated carbocycles. The number of hydrogen-bond acceptors (Lipinski definition) is 6. The first-order chi connectivity index (χ1) is 14.5. The summed E-state index contributed by atoms with van der Waals surface area (Å²) in [6.45, 7) is 13.2. The lowest BCUT2D eigenvalue weighted by Gasteiger charge is -2.29. The van der Waals surface area contributed by atoms with Crippen LogP contribution in [0.5, 0.6) is 0 Å². The summed E-state index contributed by atoms with van der Waals surface area (Å²) in [6, 6.07) is 8.34. The van der Waals surface area contributed by atoms with Gasteiger partial charge in [0, 0.05) is 23.5 Å². The molecule has 2 aromatic heterocycles. The fourth-order valence-corrected chi connectivity index (χ4v) is 4.30. The minimum atomic E-state index is -0.619. The molecule has 0 saturated heterocycles. The van der Waals surface area contributed by atoms with Crippen LogP contribution in [-0.2, 0) is 11.3 Å². The highest BCUT2D eigenvalue weighted by atomic mass is 32.1. The lowest BCUT2D eigenvalue weighted by atomic mass is 10.1. The number of hydrogen-bond donors (Lipinski definition) is 2. The van der Waals surface area contributed by atoms with Gasteiger partial charge in [0.05, 0.1) is 30.2 Å². The summed E-state index contributed by atoms with van der Waals surface area (Å²) in [5, 5.41) is 13.1. The maximum absolute atomic E-state index is 12.9. The molecule has 3 rings (SSSR count). The van der Waals surface area contributed by atoms with Gasteiger partial charge in [-0.05, 0) is 47.1 Å². The molecule has 0 fully saturated rings. The van der Waals surface area contributed by atoms with Crippen molar-refractivity contribution in [2.45, 2.75) is 65.8 Å². The molecule has 1 unspecified atom stereocenters. The molecule has 0 aliphatic heterocycles. The second-order valence-electron chi connectivity index (χ2n) is 9.31. The zero-order valence-electron chi connectivity index (χ0n) is 19.2. The Balaban J connectivity index is 1.80. The molecule has 0 amide bonds. The summed E-state index contributed by atoms with van der Waals surface area (Å²) < 4.78 is 5.70. The van der Waals surface area contributed by atoms with Crippen molar-refractivity contribution in [3.05, 3.63) is 51.4 Å². The minimum absolute atomic E-state index is 0.128. The van der Waals surface area contributed by atoms with Gasteiger partial charge in [-0.25, -0.2) is 4.98 Å². The summed E-state index contributed by atoms with van der Waals surface area (Å²) in [4.78, 5) is 23.4. The number of nitrogens with zero attached hydrogens (tertiary/aromatic N) is 2. The average molecular weight is 444 g/mol. The lowest BCUT2D eigenvalue weighted by Crippen LogP contribution is -2.40. The molecule has 7 heteroatoms. The number of fused-ring (bicyclic) bond motifs is 1. The van der Waals surface area contributed by atoms with Crippen LogP contribution in [0.15, 0.2) is 34.4 Å². The highest BCUT2D eigenvalue weighted by Gasteiger charge is 2.20. The Labute approximate surface area is 187 Å². The number of aromatic nitrogens is 2. The number of aliphatic hydroxyl groups is 1. The molecule has 0 spiro atoms. The molecule has 31 heavy (non-hydrogen) atoms. The van der Waals surface area contributed by atoms with Crippen LogP contribution >= 0.6 is 11.3 Å². The first-order valence-corrected chi connectivity index (χ1v) is 11.5. The fourth-order valence-electron chi connectivity index (χ4n) is 3.33. The zero-order valence-corrected chi connectivity index (χ0v) is 20.0. The van der Waals surface area contributed by atoms with Gasteiger partial charge in [-0.2, -0.15) is 0 Å². The molecular weight excluding hydrogens is 410 g/mol. The van der Waals surface area contributed by atoms with Crippen molar-refractivity contribution in [2.75, 3.05) is 13.2 Å². The van der Waals surface area contributed by atoms with Gasteiger partial charge >= 0.3 is 0 Å². The topological polar surface area (TPSA) is 78.5 Å². The molecule has 1 aromatic carbocycles. The van der Waals surface area contributed by atoms with Gasteiger partial charge in [-0.15, -0.1) is 11.3 Å². The van der Waals surface area contributed by atoms with Gasteiger partial charge in [0.1, 0.15) is 10.7 Å². The van der Waals surface area contributed by atoms with E-state index < -0.39 is 6.10 Å². The van der Waals surface area contributed by atoms with Gasteiger partial charge in [0.25, 0.3) is 5.56 Å². The molecule has 3 aromatic rings. The smallest absolute Gasteiger partial charge is 0.260 e. The predicted octanol–water partition coefficient (Wildman–Crippen LogP) is 4.35. The highest BCUT2D eigenvalue weighted by molar-refractivity contribution is 7.17.